The van der Waals surface area contributed by atoms with Gasteiger partial charge in [-0.2, -0.15) is 0 Å². The Bertz CT molecular complexity index is 1070. The van der Waals surface area contributed by atoms with E-state index in [4.69, 9.17) is 0 Å². The Kier molecular flexibility index (Phi) is 5.76. The Morgan fingerprint density at radius 3 is 2.52 bits per heavy atom. The van der Waals surface area contributed by atoms with Crippen molar-refractivity contribution in [3.05, 3.63) is 90.6 Å². The smallest absolute Gasteiger partial charge is 0.231 e. The van der Waals surface area contributed by atoms with E-state index in [2.05, 4.69) is 20.3 Å². The van der Waals surface area contributed by atoms with Crippen LogP contribution in [-0.4, -0.2) is 31.2 Å². The summed E-state index contributed by atoms with van der Waals surface area (Å²) in [6, 6.07) is 19.5. The number of thioether (sulfide) groups is 1. The molecule has 0 aliphatic heterocycles. The molecule has 2 heterocycles. The van der Waals surface area contributed by atoms with Crippen LogP contribution in [0, 0.1) is 0 Å². The second-order valence-electron chi connectivity index (χ2n) is 6.56. The van der Waals surface area contributed by atoms with E-state index in [1.807, 2.05) is 78.5 Å². The van der Waals surface area contributed by atoms with Gasteiger partial charge in [-0.25, -0.2) is 9.97 Å². The highest BCUT2D eigenvalue weighted by Crippen LogP contribution is 2.23. The zero-order chi connectivity index (χ0) is 20.1. The summed E-state index contributed by atoms with van der Waals surface area (Å²) in [7, 11) is 1.92. The molecule has 1 amide bonds. The van der Waals surface area contributed by atoms with Gasteiger partial charge in [0.25, 0.3) is 0 Å². The number of rotatable bonds is 7. The number of aryl methyl sites for hydroxylation is 1. The monoisotopic (exact) mass is 403 g/mol. The molecule has 0 bridgehead atoms. The topological polar surface area (TPSA) is 75.6 Å². The summed E-state index contributed by atoms with van der Waals surface area (Å²) in [5.41, 5.74) is 2.99. The lowest BCUT2D eigenvalue weighted by molar-refractivity contribution is -0.119. The molecule has 0 saturated carbocycles. The Morgan fingerprint density at radius 1 is 1.10 bits per heavy atom. The van der Waals surface area contributed by atoms with Gasteiger partial charge in [0.1, 0.15) is 11.9 Å². The average Bonchev–Trinajstić information content (AvgIpc) is 3.41. The van der Waals surface area contributed by atoms with Gasteiger partial charge in [0.15, 0.2) is 5.16 Å². The molecule has 1 unspecified atom stereocenters. The van der Waals surface area contributed by atoms with Gasteiger partial charge in [-0.3, -0.25) is 4.79 Å². The van der Waals surface area contributed by atoms with E-state index in [0.717, 1.165) is 22.6 Å². The van der Waals surface area contributed by atoms with Crippen LogP contribution >= 0.6 is 11.8 Å². The minimum Gasteiger partial charge on any atom is -0.341 e. The summed E-state index contributed by atoms with van der Waals surface area (Å²) in [5.74, 6) is 0.971. The first kappa shape index (κ1) is 19.0. The van der Waals surface area contributed by atoms with E-state index >= 15 is 0 Å². The Hall–Kier alpha value is -3.32. The predicted octanol–water partition coefficient (Wildman–Crippen LogP) is 3.81. The molecule has 0 saturated heterocycles. The molecule has 29 heavy (non-hydrogen) atoms. The minimum absolute atomic E-state index is 0.0792. The maximum absolute atomic E-state index is 12.7. The summed E-state index contributed by atoms with van der Waals surface area (Å²) in [5, 5.41) is 3.82. The molecule has 2 aromatic carbocycles. The molecule has 1 atom stereocenters. The average molecular weight is 404 g/mol. The molecule has 0 fully saturated rings. The maximum atomic E-state index is 12.7. The molecule has 4 aromatic rings. The van der Waals surface area contributed by atoms with Crippen LogP contribution < -0.4 is 5.32 Å². The van der Waals surface area contributed by atoms with E-state index in [9.17, 15) is 4.79 Å². The molecule has 0 aliphatic carbocycles. The lowest BCUT2D eigenvalue weighted by Gasteiger charge is -2.19. The molecule has 0 aliphatic rings. The van der Waals surface area contributed by atoms with Gasteiger partial charge in [0, 0.05) is 19.4 Å². The summed E-state index contributed by atoms with van der Waals surface area (Å²) >= 11 is 1.38. The largest absolute Gasteiger partial charge is 0.341 e. The van der Waals surface area contributed by atoms with Crippen LogP contribution in [0.3, 0.4) is 0 Å². The summed E-state index contributed by atoms with van der Waals surface area (Å²) < 4.78 is 1.92. The van der Waals surface area contributed by atoms with Gasteiger partial charge < -0.3 is 14.9 Å². The van der Waals surface area contributed by atoms with E-state index in [0.29, 0.717) is 5.16 Å². The third-order valence-electron chi connectivity index (χ3n) is 4.53. The SMILES string of the molecule is Cn1ccnc1C(NC(=O)CSc1ncc(-c2ccccc2)[nH]1)c1ccccc1. The third kappa shape index (κ3) is 4.57. The van der Waals surface area contributed by atoms with Crippen molar-refractivity contribution < 1.29 is 4.79 Å². The molecule has 6 nitrogen and oxygen atoms in total. The summed E-state index contributed by atoms with van der Waals surface area (Å²) in [4.78, 5) is 24.7. The Balaban J connectivity index is 1.43. The maximum Gasteiger partial charge on any atom is 0.231 e. The van der Waals surface area contributed by atoms with Crippen molar-refractivity contribution in [1.29, 1.82) is 0 Å². The van der Waals surface area contributed by atoms with Crippen LogP contribution in [0.4, 0.5) is 0 Å². The second kappa shape index (κ2) is 8.79. The molecule has 0 radical (unpaired) electrons. The number of carbonyl (C=O) groups is 1. The van der Waals surface area contributed by atoms with Gasteiger partial charge in [-0.1, -0.05) is 72.4 Å². The van der Waals surface area contributed by atoms with E-state index in [1.165, 1.54) is 11.8 Å². The van der Waals surface area contributed by atoms with Gasteiger partial charge >= 0.3 is 0 Å². The highest BCUT2D eigenvalue weighted by Gasteiger charge is 2.20. The first-order valence-electron chi connectivity index (χ1n) is 9.25. The molecule has 7 heteroatoms. The number of imidazole rings is 2. The van der Waals surface area contributed by atoms with Crippen LogP contribution in [-0.2, 0) is 11.8 Å². The van der Waals surface area contributed by atoms with Gasteiger partial charge in [-0.15, -0.1) is 0 Å². The first-order chi connectivity index (χ1) is 14.2. The van der Waals surface area contributed by atoms with E-state index in [-0.39, 0.29) is 17.7 Å². The van der Waals surface area contributed by atoms with Gasteiger partial charge in [-0.05, 0) is 11.1 Å². The number of hydrogen-bond donors (Lipinski definition) is 2. The van der Waals surface area contributed by atoms with Crippen molar-refractivity contribution in [2.75, 3.05) is 5.75 Å². The number of H-pyrrole nitrogens is 1. The molecule has 2 N–H and O–H groups in total. The molecule has 4 rings (SSSR count). The molecular formula is C22H21N5OS. The highest BCUT2D eigenvalue weighted by molar-refractivity contribution is 7.99. The number of hydrogen-bond acceptors (Lipinski definition) is 4. The minimum atomic E-state index is -0.305. The number of nitrogens with one attached hydrogen (secondary N) is 2. The van der Waals surface area contributed by atoms with E-state index in [1.54, 1.807) is 12.4 Å². The molecule has 2 aromatic heterocycles. The second-order valence-corrected chi connectivity index (χ2v) is 7.53. The van der Waals surface area contributed by atoms with Gasteiger partial charge in [0.2, 0.25) is 5.91 Å². The van der Waals surface area contributed by atoms with Crippen LogP contribution in [0.2, 0.25) is 0 Å². The van der Waals surface area contributed by atoms with E-state index < -0.39 is 0 Å². The van der Waals surface area contributed by atoms with Crippen molar-refractivity contribution >= 4 is 17.7 Å². The van der Waals surface area contributed by atoms with Crippen LogP contribution in [0.1, 0.15) is 17.4 Å². The number of aromatic amines is 1. The van der Waals surface area contributed by atoms with Crippen molar-refractivity contribution in [3.63, 3.8) is 0 Å². The van der Waals surface area contributed by atoms with Crippen LogP contribution in [0.15, 0.2) is 84.4 Å². The number of carbonyl (C=O) groups excluding carboxylic acids is 1. The van der Waals surface area contributed by atoms with Gasteiger partial charge in [0.05, 0.1) is 17.6 Å². The first-order valence-corrected chi connectivity index (χ1v) is 10.2. The fraction of sp³-hybridized carbons (Fsp3) is 0.136. The van der Waals surface area contributed by atoms with Crippen molar-refractivity contribution in [2.45, 2.75) is 11.2 Å². The molecular weight excluding hydrogens is 382 g/mol. The Morgan fingerprint density at radius 2 is 1.83 bits per heavy atom. The fourth-order valence-electron chi connectivity index (χ4n) is 3.08. The highest BCUT2D eigenvalue weighted by atomic mass is 32.2. The lowest BCUT2D eigenvalue weighted by atomic mass is 10.1. The molecule has 146 valence electrons. The Labute approximate surface area is 173 Å². The summed E-state index contributed by atoms with van der Waals surface area (Å²) in [6.45, 7) is 0. The van der Waals surface area contributed by atoms with Crippen molar-refractivity contribution in [3.8, 4) is 11.3 Å². The summed E-state index contributed by atoms with van der Waals surface area (Å²) in [6.07, 6.45) is 5.40. The predicted molar refractivity (Wildman–Crippen MR) is 114 cm³/mol. The lowest BCUT2D eigenvalue weighted by Crippen LogP contribution is -2.32. The van der Waals surface area contributed by atoms with Crippen molar-refractivity contribution in [1.82, 2.24) is 24.8 Å². The van der Waals surface area contributed by atoms with Crippen LogP contribution in [0.25, 0.3) is 11.3 Å². The number of amides is 1. The van der Waals surface area contributed by atoms with Crippen molar-refractivity contribution in [2.24, 2.45) is 7.05 Å². The number of nitrogens with zero attached hydrogens (tertiary/aromatic N) is 3. The zero-order valence-electron chi connectivity index (χ0n) is 15.9. The quantitative estimate of drug-likeness (QED) is 0.460. The molecule has 0 spiro atoms. The number of aromatic nitrogens is 4. The number of benzene rings is 2. The third-order valence-corrected chi connectivity index (χ3v) is 5.42. The zero-order valence-corrected chi connectivity index (χ0v) is 16.8. The standard InChI is InChI=1S/C22H21N5OS/c1-27-13-12-23-21(27)20(17-10-6-3-7-11-17)26-19(28)15-29-22-24-14-18(25-22)16-8-4-2-5-9-16/h2-14,20H,15H2,1H3,(H,24,25)(H,26,28). The fourth-order valence-corrected chi connectivity index (χ4v) is 3.74. The van der Waals surface area contributed by atoms with Crippen LogP contribution in [0.5, 0.6) is 0 Å². The normalized spacial score (nSPS) is 11.9.